The molecule has 5 nitrogen and oxygen atoms in total. The smallest absolute Gasteiger partial charge is 0.421 e. The van der Waals surface area contributed by atoms with E-state index in [1.54, 1.807) is 28.4 Å². The Morgan fingerprint density at radius 1 is 0.864 bits per heavy atom. The van der Waals surface area contributed by atoms with Gasteiger partial charge in [0.1, 0.15) is 0 Å². The first-order chi connectivity index (χ1) is 10.3. The normalized spacial score (nSPS) is 27.7. The Morgan fingerprint density at radius 2 is 1.41 bits per heavy atom. The van der Waals surface area contributed by atoms with E-state index < -0.39 is 17.1 Å². The standard InChI is InChI=1S/C11H22O4Si.C4H12OSi/c1-12-16(13-2,14-3)7-6-9-4-5-10-11(8-9)15-10;1-5-6(2,3)4/h9-11H,4-8H2,1-3H3;1-4H3. The molecule has 1 saturated carbocycles. The van der Waals surface area contributed by atoms with Gasteiger partial charge in [0.05, 0.1) is 12.2 Å². The molecule has 0 aromatic carbocycles. The van der Waals surface area contributed by atoms with Crippen LogP contribution in [-0.4, -0.2) is 57.8 Å². The third-order valence-electron chi connectivity index (χ3n) is 4.52. The molecular weight excluding hydrogens is 316 g/mol. The lowest BCUT2D eigenvalue weighted by Gasteiger charge is -2.27. The van der Waals surface area contributed by atoms with E-state index in [-0.39, 0.29) is 0 Å². The Kier molecular flexibility index (Phi) is 8.21. The first-order valence-electron chi connectivity index (χ1n) is 8.15. The number of ether oxygens (including phenoxy) is 1. The quantitative estimate of drug-likeness (QED) is 0.521. The lowest BCUT2D eigenvalue weighted by Crippen LogP contribution is -2.43. The fraction of sp³-hybridized carbons (Fsp3) is 1.00. The topological polar surface area (TPSA) is 49.5 Å². The summed E-state index contributed by atoms with van der Waals surface area (Å²) in [5.41, 5.74) is 0. The molecule has 132 valence electrons. The molecule has 0 aromatic heterocycles. The molecule has 1 saturated heterocycles. The van der Waals surface area contributed by atoms with E-state index >= 15 is 0 Å². The van der Waals surface area contributed by atoms with Gasteiger partial charge in [-0.05, 0) is 51.2 Å². The van der Waals surface area contributed by atoms with Gasteiger partial charge in [-0.15, -0.1) is 0 Å². The molecule has 1 heterocycles. The van der Waals surface area contributed by atoms with E-state index in [4.69, 9.17) is 22.4 Å². The number of hydrogen-bond donors (Lipinski definition) is 0. The maximum atomic E-state index is 5.54. The summed E-state index contributed by atoms with van der Waals surface area (Å²) >= 11 is 0. The highest BCUT2D eigenvalue weighted by atomic mass is 28.4. The van der Waals surface area contributed by atoms with Crippen molar-refractivity contribution in [3.63, 3.8) is 0 Å². The van der Waals surface area contributed by atoms with Gasteiger partial charge >= 0.3 is 8.80 Å². The second-order valence-electron chi connectivity index (χ2n) is 7.04. The Balaban J connectivity index is 0.000000346. The minimum Gasteiger partial charge on any atom is -0.421 e. The summed E-state index contributed by atoms with van der Waals surface area (Å²) in [7, 11) is 3.33. The highest BCUT2D eigenvalue weighted by molar-refractivity contribution is 6.69. The monoisotopic (exact) mass is 350 g/mol. The fourth-order valence-electron chi connectivity index (χ4n) is 2.69. The van der Waals surface area contributed by atoms with Gasteiger partial charge in [0, 0.05) is 34.5 Å². The maximum absolute atomic E-state index is 5.54. The Hall–Kier alpha value is 0.234. The predicted molar refractivity (Wildman–Crippen MR) is 92.6 cm³/mol. The maximum Gasteiger partial charge on any atom is 0.500 e. The van der Waals surface area contributed by atoms with Crippen LogP contribution in [0.5, 0.6) is 0 Å². The third-order valence-corrected chi connectivity index (χ3v) is 8.51. The van der Waals surface area contributed by atoms with Gasteiger partial charge in [0.15, 0.2) is 8.32 Å². The number of rotatable bonds is 7. The molecule has 1 aliphatic heterocycles. The summed E-state index contributed by atoms with van der Waals surface area (Å²) in [6, 6.07) is 0.915. The van der Waals surface area contributed by atoms with Gasteiger partial charge in [-0.1, -0.05) is 0 Å². The molecule has 3 unspecified atom stereocenters. The first-order valence-corrected chi connectivity index (χ1v) is 13.5. The van der Waals surface area contributed by atoms with Gasteiger partial charge in [0.2, 0.25) is 0 Å². The van der Waals surface area contributed by atoms with Crippen LogP contribution in [0, 0.1) is 5.92 Å². The van der Waals surface area contributed by atoms with Gasteiger partial charge in [-0.2, -0.15) is 0 Å². The van der Waals surface area contributed by atoms with Gasteiger partial charge in [-0.3, -0.25) is 0 Å². The number of fused-ring (bicyclic) bond motifs is 1. The number of epoxide rings is 1. The van der Waals surface area contributed by atoms with Crippen LogP contribution < -0.4 is 0 Å². The summed E-state index contributed by atoms with van der Waals surface area (Å²) in [6.45, 7) is 6.48. The average Bonchev–Trinajstić information content (AvgIpc) is 3.28. The summed E-state index contributed by atoms with van der Waals surface area (Å²) in [5, 5.41) is 0. The van der Waals surface area contributed by atoms with Crippen molar-refractivity contribution < 1.29 is 22.4 Å². The average molecular weight is 351 g/mol. The second-order valence-corrected chi connectivity index (χ2v) is 14.8. The van der Waals surface area contributed by atoms with E-state index in [1.165, 1.54) is 19.3 Å². The van der Waals surface area contributed by atoms with Crippen LogP contribution in [-0.2, 0) is 22.4 Å². The van der Waals surface area contributed by atoms with Crippen LogP contribution in [0.2, 0.25) is 25.7 Å². The Morgan fingerprint density at radius 3 is 1.82 bits per heavy atom. The first kappa shape index (κ1) is 20.3. The zero-order chi connectivity index (χ0) is 16.8. The Labute approximate surface area is 138 Å². The van der Waals surface area contributed by atoms with Crippen LogP contribution >= 0.6 is 0 Å². The van der Waals surface area contributed by atoms with E-state index in [2.05, 4.69) is 19.6 Å². The van der Waals surface area contributed by atoms with Crippen molar-refractivity contribution in [2.45, 2.75) is 63.6 Å². The van der Waals surface area contributed by atoms with Crippen molar-refractivity contribution >= 4 is 17.1 Å². The minimum absolute atomic E-state index is 0.558. The summed E-state index contributed by atoms with van der Waals surface area (Å²) < 4.78 is 26.9. The zero-order valence-electron chi connectivity index (χ0n) is 15.3. The SMILES string of the molecule is CO[Si](C)(C)C.CO[Si](CCC1CCC2OC2C1)(OC)OC. The summed E-state index contributed by atoms with van der Waals surface area (Å²) in [4.78, 5) is 0. The molecule has 0 amide bonds. The molecular formula is C15H34O5Si2. The lowest BCUT2D eigenvalue weighted by molar-refractivity contribution is 0.120. The van der Waals surface area contributed by atoms with E-state index in [0.717, 1.165) is 18.4 Å². The summed E-state index contributed by atoms with van der Waals surface area (Å²) in [6.07, 6.45) is 6.01. The van der Waals surface area contributed by atoms with Crippen LogP contribution in [0.15, 0.2) is 0 Å². The molecule has 0 spiro atoms. The van der Waals surface area contributed by atoms with Gasteiger partial charge < -0.3 is 22.4 Å². The lowest BCUT2D eigenvalue weighted by atomic mass is 9.88. The van der Waals surface area contributed by atoms with Crippen LogP contribution in [0.1, 0.15) is 25.7 Å². The molecule has 22 heavy (non-hydrogen) atoms. The molecule has 0 bridgehead atoms. The van der Waals surface area contributed by atoms with Crippen molar-refractivity contribution in [3.05, 3.63) is 0 Å². The molecule has 2 rings (SSSR count). The molecule has 0 aromatic rings. The Bertz CT molecular complexity index is 309. The van der Waals surface area contributed by atoms with Gasteiger partial charge in [-0.25, -0.2) is 0 Å². The van der Waals surface area contributed by atoms with Crippen LogP contribution in [0.25, 0.3) is 0 Å². The molecule has 7 heteroatoms. The van der Waals surface area contributed by atoms with E-state index in [9.17, 15) is 0 Å². The van der Waals surface area contributed by atoms with Crippen LogP contribution in [0.4, 0.5) is 0 Å². The number of hydrogen-bond acceptors (Lipinski definition) is 5. The molecule has 3 atom stereocenters. The molecule has 1 aliphatic carbocycles. The van der Waals surface area contributed by atoms with Crippen molar-refractivity contribution in [2.24, 2.45) is 5.92 Å². The van der Waals surface area contributed by atoms with Crippen LogP contribution in [0.3, 0.4) is 0 Å². The minimum atomic E-state index is -2.35. The zero-order valence-corrected chi connectivity index (χ0v) is 17.3. The fourth-order valence-corrected chi connectivity index (χ4v) is 4.56. The van der Waals surface area contributed by atoms with Gasteiger partial charge in [0.25, 0.3) is 0 Å². The van der Waals surface area contributed by atoms with E-state index in [1.807, 2.05) is 0 Å². The summed E-state index contributed by atoms with van der Waals surface area (Å²) in [5.74, 6) is 0.760. The molecule has 2 aliphatic rings. The highest BCUT2D eigenvalue weighted by Gasteiger charge is 2.45. The second kappa shape index (κ2) is 8.91. The molecule has 2 fully saturated rings. The molecule has 0 radical (unpaired) electrons. The van der Waals surface area contributed by atoms with E-state index in [0.29, 0.717) is 12.2 Å². The highest BCUT2D eigenvalue weighted by Crippen LogP contribution is 2.41. The third kappa shape index (κ3) is 6.78. The molecule has 0 N–H and O–H groups in total. The van der Waals surface area contributed by atoms with Crippen molar-refractivity contribution in [1.82, 2.24) is 0 Å². The predicted octanol–water partition coefficient (Wildman–Crippen LogP) is 3.29. The van der Waals surface area contributed by atoms with Crippen molar-refractivity contribution in [3.8, 4) is 0 Å². The largest absolute Gasteiger partial charge is 0.500 e. The van der Waals surface area contributed by atoms with Crippen molar-refractivity contribution in [1.29, 1.82) is 0 Å². The van der Waals surface area contributed by atoms with Crippen molar-refractivity contribution in [2.75, 3.05) is 28.4 Å².